The first-order valence-corrected chi connectivity index (χ1v) is 12.6. The van der Waals surface area contributed by atoms with E-state index in [1.165, 1.54) is 47.2 Å². The Morgan fingerprint density at radius 3 is 2.68 bits per heavy atom. The molecule has 0 bridgehead atoms. The summed E-state index contributed by atoms with van der Waals surface area (Å²) in [6, 6.07) is 8.60. The number of aromatic nitrogens is 1. The molecule has 0 fully saturated rings. The summed E-state index contributed by atoms with van der Waals surface area (Å²) in [5.74, 6) is 1.14. The second-order valence-corrected chi connectivity index (χ2v) is 10.3. The highest BCUT2D eigenvalue weighted by Crippen LogP contribution is 2.36. The Morgan fingerprint density at radius 1 is 1.06 bits per heavy atom. The van der Waals surface area contributed by atoms with Crippen molar-refractivity contribution in [2.75, 3.05) is 25.4 Å². The maximum atomic E-state index is 11.6. The summed E-state index contributed by atoms with van der Waals surface area (Å²) in [6.45, 7) is 8.18. The molecule has 1 heterocycles. The van der Waals surface area contributed by atoms with Gasteiger partial charge in [-0.3, -0.25) is 4.98 Å². The van der Waals surface area contributed by atoms with E-state index in [4.69, 9.17) is 9.72 Å². The SMILES string of the molecule is CC(C)(C)OC(=O)NCCCNCCCCSc1c2c(nc3ccccc13)CCCC2. The number of carbonyl (C=O) groups excluding carboxylic acids is 1. The number of benzene rings is 1. The van der Waals surface area contributed by atoms with E-state index in [0.29, 0.717) is 6.54 Å². The molecule has 2 aromatic rings. The van der Waals surface area contributed by atoms with Gasteiger partial charge in [-0.05, 0) is 96.2 Å². The second kappa shape index (κ2) is 11.7. The number of fused-ring (bicyclic) bond motifs is 2. The van der Waals surface area contributed by atoms with Crippen LogP contribution in [0, 0.1) is 0 Å². The fourth-order valence-electron chi connectivity index (χ4n) is 3.86. The van der Waals surface area contributed by atoms with Gasteiger partial charge in [0.2, 0.25) is 0 Å². The first-order valence-electron chi connectivity index (χ1n) is 11.6. The van der Waals surface area contributed by atoms with Gasteiger partial charge in [0, 0.05) is 22.5 Å². The molecule has 0 saturated heterocycles. The van der Waals surface area contributed by atoms with Gasteiger partial charge < -0.3 is 15.4 Å². The summed E-state index contributed by atoms with van der Waals surface area (Å²) >= 11 is 2.01. The zero-order chi connectivity index (χ0) is 22.1. The predicted molar refractivity (Wildman–Crippen MR) is 130 cm³/mol. The van der Waals surface area contributed by atoms with Crippen molar-refractivity contribution in [3.63, 3.8) is 0 Å². The van der Waals surface area contributed by atoms with E-state index in [1.54, 1.807) is 0 Å². The van der Waals surface area contributed by atoms with Gasteiger partial charge in [-0.2, -0.15) is 0 Å². The van der Waals surface area contributed by atoms with Crippen molar-refractivity contribution >= 4 is 28.8 Å². The highest BCUT2D eigenvalue weighted by molar-refractivity contribution is 7.99. The highest BCUT2D eigenvalue weighted by Gasteiger charge is 2.18. The Balaban J connectivity index is 1.33. The van der Waals surface area contributed by atoms with Crippen LogP contribution in [0.1, 0.15) is 64.1 Å². The molecular weight excluding hydrogens is 406 g/mol. The zero-order valence-electron chi connectivity index (χ0n) is 19.3. The molecule has 1 aliphatic carbocycles. The van der Waals surface area contributed by atoms with E-state index >= 15 is 0 Å². The number of aryl methyl sites for hydroxylation is 1. The lowest BCUT2D eigenvalue weighted by Gasteiger charge is -2.20. The van der Waals surface area contributed by atoms with E-state index in [2.05, 4.69) is 34.9 Å². The molecule has 0 spiro atoms. The Kier molecular flexibility index (Phi) is 9.02. The van der Waals surface area contributed by atoms with Crippen molar-refractivity contribution in [1.82, 2.24) is 15.6 Å². The number of carbonyl (C=O) groups is 1. The van der Waals surface area contributed by atoms with E-state index < -0.39 is 5.60 Å². The molecule has 6 heteroatoms. The van der Waals surface area contributed by atoms with Crippen LogP contribution >= 0.6 is 11.8 Å². The van der Waals surface area contributed by atoms with E-state index in [0.717, 1.165) is 43.6 Å². The number of thioether (sulfide) groups is 1. The number of para-hydroxylation sites is 1. The summed E-state index contributed by atoms with van der Waals surface area (Å²) in [4.78, 5) is 18.0. The van der Waals surface area contributed by atoms with Crippen LogP contribution in [0.4, 0.5) is 4.79 Å². The van der Waals surface area contributed by atoms with Crippen LogP contribution < -0.4 is 10.6 Å². The molecule has 1 amide bonds. The predicted octanol–water partition coefficient (Wildman–Crippen LogP) is 5.49. The van der Waals surface area contributed by atoms with Crippen molar-refractivity contribution in [3.05, 3.63) is 35.5 Å². The van der Waals surface area contributed by atoms with Gasteiger partial charge in [0.15, 0.2) is 0 Å². The smallest absolute Gasteiger partial charge is 0.407 e. The number of amides is 1. The van der Waals surface area contributed by atoms with Crippen LogP contribution in [-0.4, -0.2) is 42.1 Å². The standard InChI is InChI=1S/C25H37N3O2S/c1-25(2,3)30-24(29)27-17-10-16-26-15-8-9-18-31-23-19-11-4-6-13-21(19)28-22-14-7-5-12-20(22)23/h4,6,11,13,26H,5,7-10,12,14-18H2,1-3H3,(H,27,29). The number of unbranched alkanes of at least 4 members (excludes halogenated alkanes) is 1. The van der Waals surface area contributed by atoms with Gasteiger partial charge in [-0.25, -0.2) is 4.79 Å². The topological polar surface area (TPSA) is 63.2 Å². The van der Waals surface area contributed by atoms with Crippen LogP contribution in [0.5, 0.6) is 0 Å². The molecule has 1 aliphatic rings. The molecule has 2 N–H and O–H groups in total. The maximum absolute atomic E-state index is 11.6. The normalized spacial score (nSPS) is 13.8. The van der Waals surface area contributed by atoms with Gasteiger partial charge in [-0.1, -0.05) is 18.2 Å². The monoisotopic (exact) mass is 443 g/mol. The van der Waals surface area contributed by atoms with Crippen molar-refractivity contribution in [3.8, 4) is 0 Å². The van der Waals surface area contributed by atoms with Crippen molar-refractivity contribution in [1.29, 1.82) is 0 Å². The summed E-state index contributed by atoms with van der Waals surface area (Å²) in [6.07, 6.45) is 7.78. The molecule has 0 radical (unpaired) electrons. The third kappa shape index (κ3) is 7.69. The summed E-state index contributed by atoms with van der Waals surface area (Å²) in [7, 11) is 0. The van der Waals surface area contributed by atoms with Crippen LogP contribution in [0.3, 0.4) is 0 Å². The number of nitrogens with one attached hydrogen (secondary N) is 2. The number of hydrogen-bond donors (Lipinski definition) is 2. The number of rotatable bonds is 10. The zero-order valence-corrected chi connectivity index (χ0v) is 20.1. The van der Waals surface area contributed by atoms with E-state index in [1.807, 2.05) is 32.5 Å². The molecule has 0 unspecified atom stereocenters. The molecule has 170 valence electrons. The van der Waals surface area contributed by atoms with Crippen molar-refractivity contribution < 1.29 is 9.53 Å². The number of pyridine rings is 1. The van der Waals surface area contributed by atoms with Gasteiger partial charge in [-0.15, -0.1) is 11.8 Å². The average molecular weight is 444 g/mol. The Morgan fingerprint density at radius 2 is 1.84 bits per heavy atom. The third-order valence-corrected chi connectivity index (χ3v) is 6.56. The molecule has 5 nitrogen and oxygen atoms in total. The maximum Gasteiger partial charge on any atom is 0.407 e. The molecule has 3 rings (SSSR count). The molecule has 0 aliphatic heterocycles. The number of hydrogen-bond acceptors (Lipinski definition) is 5. The van der Waals surface area contributed by atoms with Gasteiger partial charge in [0.1, 0.15) is 5.60 Å². The highest BCUT2D eigenvalue weighted by atomic mass is 32.2. The number of alkyl carbamates (subject to hydrolysis) is 1. The average Bonchev–Trinajstić information content (AvgIpc) is 2.73. The minimum atomic E-state index is -0.442. The molecule has 0 saturated carbocycles. The first kappa shape index (κ1) is 23.9. The largest absolute Gasteiger partial charge is 0.444 e. The van der Waals surface area contributed by atoms with Crippen LogP contribution in [0.15, 0.2) is 29.2 Å². The molecular formula is C25H37N3O2S. The molecule has 1 aromatic heterocycles. The van der Waals surface area contributed by atoms with E-state index in [-0.39, 0.29) is 6.09 Å². The quantitative estimate of drug-likeness (QED) is 0.375. The minimum Gasteiger partial charge on any atom is -0.444 e. The summed E-state index contributed by atoms with van der Waals surface area (Å²) in [5.41, 5.74) is 3.54. The van der Waals surface area contributed by atoms with Gasteiger partial charge >= 0.3 is 6.09 Å². The minimum absolute atomic E-state index is 0.338. The summed E-state index contributed by atoms with van der Waals surface area (Å²) < 4.78 is 5.23. The van der Waals surface area contributed by atoms with Crippen molar-refractivity contribution in [2.24, 2.45) is 0 Å². The molecule has 1 aromatic carbocycles. The second-order valence-electron chi connectivity index (χ2n) is 9.18. The fourth-order valence-corrected chi connectivity index (χ4v) is 5.14. The Hall–Kier alpha value is -1.79. The third-order valence-electron chi connectivity index (χ3n) is 5.31. The Labute approximate surface area is 191 Å². The first-order chi connectivity index (χ1) is 14.9. The lowest BCUT2D eigenvalue weighted by molar-refractivity contribution is 0.0527. The van der Waals surface area contributed by atoms with E-state index in [9.17, 15) is 4.79 Å². The lowest BCUT2D eigenvalue weighted by atomic mass is 9.94. The molecule has 31 heavy (non-hydrogen) atoms. The van der Waals surface area contributed by atoms with Crippen LogP contribution in [0.25, 0.3) is 10.9 Å². The van der Waals surface area contributed by atoms with Gasteiger partial charge in [0.05, 0.1) is 5.52 Å². The number of nitrogens with zero attached hydrogens (tertiary/aromatic N) is 1. The summed E-state index contributed by atoms with van der Waals surface area (Å²) in [5, 5.41) is 7.60. The number of ether oxygens (including phenoxy) is 1. The van der Waals surface area contributed by atoms with Crippen LogP contribution in [0.2, 0.25) is 0 Å². The molecule has 0 atom stereocenters. The fraction of sp³-hybridized carbons (Fsp3) is 0.600. The Bertz CT molecular complexity index is 864. The van der Waals surface area contributed by atoms with Gasteiger partial charge in [0.25, 0.3) is 0 Å². The lowest BCUT2D eigenvalue weighted by Crippen LogP contribution is -2.34. The van der Waals surface area contributed by atoms with Crippen LogP contribution in [-0.2, 0) is 17.6 Å². The van der Waals surface area contributed by atoms with Crippen molar-refractivity contribution in [2.45, 2.75) is 76.2 Å².